The Morgan fingerprint density at radius 1 is 0.889 bits per heavy atom. The summed E-state index contributed by atoms with van der Waals surface area (Å²) >= 11 is 1.73. The van der Waals surface area contributed by atoms with E-state index in [2.05, 4.69) is 71.5 Å². The zero-order valence-electron chi connectivity index (χ0n) is 14.9. The van der Waals surface area contributed by atoms with Gasteiger partial charge in [0.1, 0.15) is 11.2 Å². The second kappa shape index (κ2) is 5.83. The molecule has 0 radical (unpaired) electrons. The zero-order chi connectivity index (χ0) is 17.8. The SMILES string of the molecule is C1=Cc2ccc3c(oc4c(-c5ccsc5)cc5c(c43)CCC=C5)c2C=CC1. The van der Waals surface area contributed by atoms with Crippen LogP contribution in [-0.4, -0.2) is 0 Å². The van der Waals surface area contributed by atoms with Crippen molar-refractivity contribution in [2.24, 2.45) is 0 Å². The number of hydrogen-bond acceptors (Lipinski definition) is 2. The van der Waals surface area contributed by atoms with Gasteiger partial charge in [-0.25, -0.2) is 0 Å². The van der Waals surface area contributed by atoms with E-state index in [1.165, 1.54) is 44.2 Å². The summed E-state index contributed by atoms with van der Waals surface area (Å²) in [5, 5.41) is 6.90. The number of allylic oxidation sites excluding steroid dienone is 3. The molecule has 0 saturated heterocycles. The van der Waals surface area contributed by atoms with Gasteiger partial charge in [0.05, 0.1) is 0 Å². The van der Waals surface area contributed by atoms with E-state index in [1.54, 1.807) is 11.3 Å². The van der Waals surface area contributed by atoms with E-state index in [-0.39, 0.29) is 0 Å². The largest absolute Gasteiger partial charge is 0.455 e. The van der Waals surface area contributed by atoms with Gasteiger partial charge in [0.2, 0.25) is 0 Å². The van der Waals surface area contributed by atoms with Crippen molar-refractivity contribution >= 4 is 51.5 Å². The quantitative estimate of drug-likeness (QED) is 0.336. The average molecular weight is 366 g/mol. The van der Waals surface area contributed by atoms with Crippen LogP contribution in [0.4, 0.5) is 0 Å². The molecule has 6 rings (SSSR count). The first-order chi connectivity index (χ1) is 13.4. The van der Waals surface area contributed by atoms with Gasteiger partial charge in [0, 0.05) is 21.9 Å². The molecule has 0 atom stereocenters. The number of aryl methyl sites for hydroxylation is 1. The molecule has 2 aromatic heterocycles. The van der Waals surface area contributed by atoms with Gasteiger partial charge in [-0.3, -0.25) is 0 Å². The molecule has 0 unspecified atom stereocenters. The van der Waals surface area contributed by atoms with Crippen molar-refractivity contribution in [2.75, 3.05) is 0 Å². The normalized spacial score (nSPS) is 15.3. The van der Waals surface area contributed by atoms with Gasteiger partial charge in [-0.15, -0.1) is 0 Å². The van der Waals surface area contributed by atoms with Crippen molar-refractivity contribution in [3.63, 3.8) is 0 Å². The van der Waals surface area contributed by atoms with E-state index in [0.29, 0.717) is 0 Å². The Bertz CT molecular complexity index is 1280. The van der Waals surface area contributed by atoms with Gasteiger partial charge in [-0.1, -0.05) is 42.5 Å². The molecule has 2 aliphatic carbocycles. The summed E-state index contributed by atoms with van der Waals surface area (Å²) in [7, 11) is 0. The molecule has 1 nitrogen and oxygen atoms in total. The topological polar surface area (TPSA) is 13.1 Å². The molecule has 0 bridgehead atoms. The highest BCUT2D eigenvalue weighted by molar-refractivity contribution is 7.08. The van der Waals surface area contributed by atoms with Crippen LogP contribution < -0.4 is 0 Å². The molecule has 0 aliphatic heterocycles. The van der Waals surface area contributed by atoms with E-state index in [4.69, 9.17) is 4.42 Å². The van der Waals surface area contributed by atoms with Crippen LogP contribution in [0.3, 0.4) is 0 Å². The first-order valence-electron chi connectivity index (χ1n) is 9.47. The minimum Gasteiger partial charge on any atom is -0.455 e. The maximum Gasteiger partial charge on any atom is 0.143 e. The van der Waals surface area contributed by atoms with Crippen LogP contribution in [0.1, 0.15) is 35.1 Å². The van der Waals surface area contributed by atoms with Gasteiger partial charge < -0.3 is 4.42 Å². The van der Waals surface area contributed by atoms with Gasteiger partial charge in [-0.05, 0) is 70.5 Å². The highest BCUT2D eigenvalue weighted by atomic mass is 32.1. The lowest BCUT2D eigenvalue weighted by Crippen LogP contribution is -1.96. The van der Waals surface area contributed by atoms with E-state index < -0.39 is 0 Å². The molecule has 2 heterocycles. The molecule has 0 saturated carbocycles. The van der Waals surface area contributed by atoms with E-state index in [0.717, 1.165) is 30.4 Å². The molecule has 2 aliphatic rings. The van der Waals surface area contributed by atoms with Gasteiger partial charge in [0.25, 0.3) is 0 Å². The molecule has 0 N–H and O–H groups in total. The molecule has 0 fully saturated rings. The lowest BCUT2D eigenvalue weighted by atomic mass is 9.89. The van der Waals surface area contributed by atoms with Crippen molar-refractivity contribution in [2.45, 2.75) is 19.3 Å². The number of rotatable bonds is 1. The van der Waals surface area contributed by atoms with Crippen molar-refractivity contribution < 1.29 is 4.42 Å². The Morgan fingerprint density at radius 3 is 2.74 bits per heavy atom. The maximum absolute atomic E-state index is 6.62. The smallest absolute Gasteiger partial charge is 0.143 e. The fraction of sp³-hybridized carbons (Fsp3) is 0.120. The third kappa shape index (κ3) is 2.23. The fourth-order valence-corrected chi connectivity index (χ4v) is 5.06. The van der Waals surface area contributed by atoms with Crippen LogP contribution in [-0.2, 0) is 6.42 Å². The number of fused-ring (bicyclic) bond motifs is 7. The zero-order valence-corrected chi connectivity index (χ0v) is 15.7. The van der Waals surface area contributed by atoms with Crippen molar-refractivity contribution in [1.82, 2.24) is 0 Å². The van der Waals surface area contributed by atoms with Crippen molar-refractivity contribution in [3.8, 4) is 11.1 Å². The van der Waals surface area contributed by atoms with E-state index in [1.807, 2.05) is 0 Å². The minimum atomic E-state index is 0.969. The summed E-state index contributed by atoms with van der Waals surface area (Å²) in [6.45, 7) is 0. The van der Waals surface area contributed by atoms with Gasteiger partial charge >= 0.3 is 0 Å². The molecular formula is C25H18OS. The van der Waals surface area contributed by atoms with Crippen LogP contribution in [0.5, 0.6) is 0 Å². The third-order valence-corrected chi connectivity index (χ3v) is 6.35. The number of benzene rings is 2. The van der Waals surface area contributed by atoms with Gasteiger partial charge in [-0.2, -0.15) is 11.3 Å². The predicted octanol–water partition coefficient (Wildman–Crippen LogP) is 7.70. The first kappa shape index (κ1) is 15.2. The molecule has 2 heteroatoms. The second-order valence-corrected chi connectivity index (χ2v) is 8.02. The van der Waals surface area contributed by atoms with Crippen molar-refractivity contribution in [1.29, 1.82) is 0 Å². The molecule has 4 aromatic rings. The predicted molar refractivity (Wildman–Crippen MR) is 117 cm³/mol. The van der Waals surface area contributed by atoms with Crippen LogP contribution in [0, 0.1) is 0 Å². The molecular weight excluding hydrogens is 348 g/mol. The first-order valence-corrected chi connectivity index (χ1v) is 10.4. The molecule has 0 amide bonds. The van der Waals surface area contributed by atoms with Crippen LogP contribution in [0.25, 0.3) is 51.3 Å². The number of thiophene rings is 1. The van der Waals surface area contributed by atoms with Crippen LogP contribution in [0.15, 0.2) is 57.7 Å². The second-order valence-electron chi connectivity index (χ2n) is 7.24. The van der Waals surface area contributed by atoms with Gasteiger partial charge in [0.15, 0.2) is 0 Å². The Morgan fingerprint density at radius 2 is 1.81 bits per heavy atom. The molecule has 27 heavy (non-hydrogen) atoms. The molecule has 0 spiro atoms. The highest BCUT2D eigenvalue weighted by Gasteiger charge is 2.22. The minimum absolute atomic E-state index is 0.969. The van der Waals surface area contributed by atoms with Crippen LogP contribution >= 0.6 is 11.3 Å². The summed E-state index contributed by atoms with van der Waals surface area (Å²) in [5.74, 6) is 0. The van der Waals surface area contributed by atoms with Crippen LogP contribution in [0.2, 0.25) is 0 Å². The third-order valence-electron chi connectivity index (χ3n) is 5.67. The molecule has 2 aromatic carbocycles. The Labute approximate surface area is 161 Å². The van der Waals surface area contributed by atoms with E-state index in [9.17, 15) is 0 Å². The Balaban J connectivity index is 1.81. The fourth-order valence-electron chi connectivity index (χ4n) is 4.40. The van der Waals surface area contributed by atoms with E-state index >= 15 is 0 Å². The Kier molecular flexibility index (Phi) is 3.29. The highest BCUT2D eigenvalue weighted by Crippen LogP contribution is 2.43. The summed E-state index contributed by atoms with van der Waals surface area (Å²) in [4.78, 5) is 0. The summed E-state index contributed by atoms with van der Waals surface area (Å²) in [6.07, 6.45) is 16.6. The summed E-state index contributed by atoms with van der Waals surface area (Å²) < 4.78 is 6.62. The van der Waals surface area contributed by atoms with Crippen molar-refractivity contribution in [3.05, 3.63) is 75.5 Å². The number of furan rings is 1. The molecule has 130 valence electrons. The monoisotopic (exact) mass is 366 g/mol. The summed E-state index contributed by atoms with van der Waals surface area (Å²) in [5.41, 5.74) is 9.70. The lowest BCUT2D eigenvalue weighted by molar-refractivity contribution is 0.668. The standard InChI is InChI=1S/C25H18OS/c1-2-6-16-10-11-21-23-19-8-5-4-7-17(19)14-22(18-12-13-27-15-18)25(23)26-24(21)20(16)9-3-1/h2-4,6-7,9-15H,1,5,8H2. The lowest BCUT2D eigenvalue weighted by Gasteiger charge is -2.14. The maximum atomic E-state index is 6.62. The summed E-state index contributed by atoms with van der Waals surface area (Å²) in [6, 6.07) is 8.99. The average Bonchev–Trinajstić information content (AvgIpc) is 3.30. The Hall–Kier alpha value is -2.84. The number of hydrogen-bond donors (Lipinski definition) is 0.